The van der Waals surface area contributed by atoms with Crippen molar-refractivity contribution in [2.75, 3.05) is 6.61 Å². The van der Waals surface area contributed by atoms with E-state index in [0.29, 0.717) is 40.3 Å². The van der Waals surface area contributed by atoms with Gasteiger partial charge in [0.15, 0.2) is 26.2 Å². The van der Waals surface area contributed by atoms with Crippen LogP contribution < -0.4 is 4.74 Å². The molecule has 3 heterocycles. The van der Waals surface area contributed by atoms with Gasteiger partial charge < -0.3 is 23.1 Å². The van der Waals surface area contributed by atoms with Gasteiger partial charge in [-0.3, -0.25) is 9.78 Å². The maximum atomic E-state index is 13.5. The van der Waals surface area contributed by atoms with E-state index in [4.69, 9.17) is 23.1 Å². The molecule has 7 nitrogen and oxygen atoms in total. The van der Waals surface area contributed by atoms with E-state index < -0.39 is 20.2 Å². The molecule has 0 N–H and O–H groups in total. The van der Waals surface area contributed by atoms with Crippen molar-refractivity contribution in [2.24, 2.45) is 5.41 Å². The van der Waals surface area contributed by atoms with Gasteiger partial charge in [0.2, 0.25) is 0 Å². The molecule has 5 rings (SSSR count). The Morgan fingerprint density at radius 1 is 1.11 bits per heavy atom. The van der Waals surface area contributed by atoms with E-state index in [2.05, 4.69) is 52.7 Å². The molecule has 0 radical (unpaired) electrons. The second kappa shape index (κ2) is 9.29. The van der Waals surface area contributed by atoms with Crippen LogP contribution in [0.1, 0.15) is 75.7 Å². The van der Waals surface area contributed by atoms with E-state index in [0.717, 1.165) is 5.56 Å². The highest BCUT2D eigenvalue weighted by Crippen LogP contribution is 2.46. The number of carbonyl (C=O) groups is 1. The molecule has 1 unspecified atom stereocenters. The van der Waals surface area contributed by atoms with Gasteiger partial charge in [0.25, 0.3) is 0 Å². The molecule has 0 bridgehead atoms. The van der Waals surface area contributed by atoms with Crippen molar-refractivity contribution < 1.29 is 27.8 Å². The summed E-state index contributed by atoms with van der Waals surface area (Å²) in [5.74, 6) is 0.495. The van der Waals surface area contributed by atoms with E-state index >= 15 is 0 Å². The molecule has 0 amide bonds. The minimum Gasteiger partial charge on any atom is -0.491 e. The summed E-state index contributed by atoms with van der Waals surface area (Å²) in [6, 6.07) is 9.31. The zero-order valence-electron chi connectivity index (χ0n) is 23.9. The summed E-state index contributed by atoms with van der Waals surface area (Å²) in [6.07, 6.45) is 0.999. The van der Waals surface area contributed by atoms with E-state index in [-0.39, 0.29) is 29.5 Å². The van der Waals surface area contributed by atoms with Gasteiger partial charge in [-0.15, -0.1) is 0 Å². The third-order valence-electron chi connectivity index (χ3n) is 7.36. The molecular formula is C30H39NO6Si. The number of benzene rings is 1. The average molecular weight is 538 g/mol. The van der Waals surface area contributed by atoms with E-state index in [1.54, 1.807) is 6.20 Å². The molecular weight excluding hydrogens is 498 g/mol. The van der Waals surface area contributed by atoms with Gasteiger partial charge in [-0.25, -0.2) is 0 Å². The fraction of sp³-hybridized carbons (Fsp3) is 0.533. The molecule has 1 aromatic carbocycles. The van der Waals surface area contributed by atoms with E-state index in [9.17, 15) is 4.79 Å². The Bertz CT molecular complexity index is 1370. The summed E-state index contributed by atoms with van der Waals surface area (Å²) in [4.78, 5) is 18.0. The first-order chi connectivity index (χ1) is 17.7. The number of aromatic nitrogens is 1. The van der Waals surface area contributed by atoms with Crippen molar-refractivity contribution in [1.82, 2.24) is 4.98 Å². The lowest BCUT2D eigenvalue weighted by Gasteiger charge is -2.38. The van der Waals surface area contributed by atoms with Crippen LogP contribution in [0.15, 0.2) is 40.9 Å². The van der Waals surface area contributed by atoms with Crippen LogP contribution in [0.25, 0.3) is 11.1 Å². The number of furan rings is 1. The van der Waals surface area contributed by atoms with E-state index in [1.807, 2.05) is 44.2 Å². The van der Waals surface area contributed by atoms with Gasteiger partial charge in [0.1, 0.15) is 35.8 Å². The van der Waals surface area contributed by atoms with Gasteiger partial charge in [-0.2, -0.15) is 0 Å². The van der Waals surface area contributed by atoms with Crippen LogP contribution in [0.3, 0.4) is 0 Å². The third-order valence-corrected chi connectivity index (χ3v) is 8.19. The molecule has 1 saturated heterocycles. The lowest BCUT2D eigenvalue weighted by Crippen LogP contribution is -2.48. The normalized spacial score (nSPS) is 22.9. The number of carbonyl (C=O) groups excluding carboxylic acids is 1. The highest BCUT2D eigenvalue weighted by Gasteiger charge is 2.49. The number of pyridine rings is 1. The second-order valence-electron chi connectivity index (χ2n) is 12.7. The number of fused-ring (bicyclic) bond motifs is 4. The van der Waals surface area contributed by atoms with Crippen molar-refractivity contribution in [3.63, 3.8) is 0 Å². The quantitative estimate of drug-likeness (QED) is 0.356. The Morgan fingerprint density at radius 2 is 1.84 bits per heavy atom. The van der Waals surface area contributed by atoms with Gasteiger partial charge in [-0.1, -0.05) is 20.8 Å². The Labute approximate surface area is 226 Å². The van der Waals surface area contributed by atoms with Crippen molar-refractivity contribution >= 4 is 25.9 Å². The Balaban J connectivity index is 1.42. The average Bonchev–Trinajstić information content (AvgIpc) is 3.37. The molecule has 2 aliphatic rings. The van der Waals surface area contributed by atoms with Crippen LogP contribution in [-0.4, -0.2) is 50.5 Å². The van der Waals surface area contributed by atoms with Crippen LogP contribution in [-0.2, 0) is 19.3 Å². The molecule has 0 saturated carbocycles. The molecule has 1 fully saturated rings. The topological polar surface area (TPSA) is 80.0 Å². The molecule has 3 aromatic rings. The smallest absolute Gasteiger partial charge is 0.199 e. The third kappa shape index (κ3) is 4.72. The van der Waals surface area contributed by atoms with Crippen LogP contribution in [0, 0.1) is 5.41 Å². The molecule has 0 spiro atoms. The van der Waals surface area contributed by atoms with Crippen LogP contribution in [0.2, 0.25) is 13.1 Å². The zero-order valence-corrected chi connectivity index (χ0v) is 25.0. The Morgan fingerprint density at radius 3 is 2.53 bits per heavy atom. The van der Waals surface area contributed by atoms with Gasteiger partial charge in [-0.05, 0) is 82.1 Å². The van der Waals surface area contributed by atoms with Crippen LogP contribution in [0.4, 0.5) is 0 Å². The number of hydrogen-bond donors (Lipinski definition) is 0. The molecule has 3 atom stereocenters. The predicted molar refractivity (Wildman–Crippen MR) is 149 cm³/mol. The number of nitrogens with zero attached hydrogens (tertiary/aromatic N) is 1. The second-order valence-corrected chi connectivity index (χ2v) is 15.1. The lowest BCUT2D eigenvalue weighted by molar-refractivity contribution is -0.160. The molecule has 204 valence electrons. The summed E-state index contributed by atoms with van der Waals surface area (Å²) in [6.45, 7) is 19.2. The number of ether oxygens (including phenoxy) is 3. The number of rotatable bonds is 6. The lowest BCUT2D eigenvalue weighted by atomic mass is 9.72. The standard InChI is InChI=1S/C30H39NO6Si/c1-28(2,3)27(37-38(8)9)25-21(35-30(6,7)36-25)16-33-17-12-13-18-19(15-17)29(4,5)26-22(24(18)32)23-20(34-26)11-10-14-31-23/h10-15,21,25,27,38H,16H2,1-9H3/t21-,25-,27?/m1/s1. The molecule has 38 heavy (non-hydrogen) atoms. The summed E-state index contributed by atoms with van der Waals surface area (Å²) in [5.41, 5.74) is 2.63. The van der Waals surface area contributed by atoms with Crippen LogP contribution in [0.5, 0.6) is 5.75 Å². The minimum atomic E-state index is -1.33. The van der Waals surface area contributed by atoms with Crippen molar-refractivity contribution in [1.29, 1.82) is 0 Å². The van der Waals surface area contributed by atoms with Gasteiger partial charge in [0.05, 0.1) is 11.7 Å². The Hall–Kier alpha value is -2.52. The largest absolute Gasteiger partial charge is 0.491 e. The first kappa shape index (κ1) is 27.1. The fourth-order valence-electron chi connectivity index (χ4n) is 5.66. The number of ketones is 1. The van der Waals surface area contributed by atoms with Crippen molar-refractivity contribution in [3.05, 3.63) is 59.0 Å². The monoisotopic (exact) mass is 537 g/mol. The molecule has 2 aromatic heterocycles. The highest BCUT2D eigenvalue weighted by molar-refractivity contribution is 6.48. The van der Waals surface area contributed by atoms with Gasteiger partial charge in [0, 0.05) is 17.2 Å². The molecule has 1 aliphatic carbocycles. The predicted octanol–water partition coefficient (Wildman–Crippen LogP) is 6.01. The van der Waals surface area contributed by atoms with Crippen LogP contribution >= 0.6 is 0 Å². The van der Waals surface area contributed by atoms with Crippen molar-refractivity contribution in [2.45, 2.75) is 91.1 Å². The van der Waals surface area contributed by atoms with Gasteiger partial charge >= 0.3 is 0 Å². The maximum Gasteiger partial charge on any atom is 0.199 e. The molecule has 1 aliphatic heterocycles. The minimum absolute atomic E-state index is 0.0734. The van der Waals surface area contributed by atoms with E-state index in [1.165, 1.54) is 0 Å². The summed E-state index contributed by atoms with van der Waals surface area (Å²) < 4.78 is 31.6. The number of hydrogen-bond acceptors (Lipinski definition) is 7. The SMILES string of the molecule is C[SiH](C)OC([C@@H]1OC(C)(C)O[C@@H]1COc1ccc2c(c1)C(C)(C)c1oc3cccnc3c1C2=O)C(C)(C)C. The first-order valence-electron chi connectivity index (χ1n) is 13.4. The summed E-state index contributed by atoms with van der Waals surface area (Å²) >= 11 is 0. The maximum absolute atomic E-state index is 13.5. The molecule has 8 heteroatoms. The Kier molecular flexibility index (Phi) is 6.62. The summed E-state index contributed by atoms with van der Waals surface area (Å²) in [5, 5.41) is 0. The fourth-order valence-corrected chi connectivity index (χ4v) is 6.81. The zero-order chi connectivity index (χ0) is 27.6. The van der Waals surface area contributed by atoms with Crippen molar-refractivity contribution in [3.8, 4) is 5.75 Å². The highest BCUT2D eigenvalue weighted by atomic mass is 28.3. The first-order valence-corrected chi connectivity index (χ1v) is 16.2. The summed E-state index contributed by atoms with van der Waals surface area (Å²) in [7, 11) is -1.33.